The smallest absolute Gasteiger partial charge is 1.00 e. The monoisotopic (exact) mass is 181 g/mol. The first-order chi connectivity index (χ1) is 5.07. The average molecular weight is 181 g/mol. The predicted molar refractivity (Wildman–Crippen MR) is 41.4 cm³/mol. The standard InChI is InChI=1S/C7H11NO3.Na.H/c1-3-6(9)4-8-5(2)7(10)11;;/h3,5,8H,1,4H2,2H3,(H,10,11);;/q;+1;-1/t5-;;/m0../s1. The van der Waals surface area contributed by atoms with Crippen molar-refractivity contribution in [1.82, 2.24) is 5.32 Å². The fraction of sp³-hybridized carbons (Fsp3) is 0.429. The molecule has 0 aromatic rings. The van der Waals surface area contributed by atoms with Crippen LogP contribution in [0.1, 0.15) is 8.35 Å². The molecule has 64 valence electrons. The second-order valence-corrected chi connectivity index (χ2v) is 2.11. The van der Waals surface area contributed by atoms with Gasteiger partial charge in [0.25, 0.3) is 0 Å². The predicted octanol–water partition coefficient (Wildman–Crippen LogP) is -3.08. The van der Waals surface area contributed by atoms with Crippen LogP contribution in [0.4, 0.5) is 0 Å². The van der Waals surface area contributed by atoms with E-state index in [0.717, 1.165) is 6.08 Å². The van der Waals surface area contributed by atoms with Gasteiger partial charge < -0.3 is 6.53 Å². The number of ketones is 1. The molecule has 0 heterocycles. The van der Waals surface area contributed by atoms with Gasteiger partial charge in [0, 0.05) is 0 Å². The summed E-state index contributed by atoms with van der Waals surface area (Å²) < 4.78 is 0. The van der Waals surface area contributed by atoms with E-state index in [4.69, 9.17) is 5.11 Å². The third kappa shape index (κ3) is 6.54. The quantitative estimate of drug-likeness (QED) is 0.349. The largest absolute Gasteiger partial charge is 1.00 e. The van der Waals surface area contributed by atoms with Crippen molar-refractivity contribution < 1.29 is 45.7 Å². The van der Waals surface area contributed by atoms with Crippen LogP contribution >= 0.6 is 0 Å². The number of carboxylic acids is 1. The number of carboxylic acid groups (broad SMARTS) is 1. The Labute approximate surface area is 94.8 Å². The summed E-state index contributed by atoms with van der Waals surface area (Å²) in [5.74, 6) is -1.18. The van der Waals surface area contributed by atoms with Crippen molar-refractivity contribution in [3.63, 3.8) is 0 Å². The molecule has 12 heavy (non-hydrogen) atoms. The van der Waals surface area contributed by atoms with Crippen LogP contribution < -0.4 is 34.9 Å². The Bertz CT molecular complexity index is 187. The van der Waals surface area contributed by atoms with Crippen molar-refractivity contribution >= 4 is 11.8 Å². The number of aliphatic carboxylic acids is 1. The third-order valence-corrected chi connectivity index (χ3v) is 1.18. The molecule has 4 nitrogen and oxygen atoms in total. The summed E-state index contributed by atoms with van der Waals surface area (Å²) in [6, 6.07) is -0.695. The Kier molecular flexibility index (Phi) is 8.97. The number of rotatable bonds is 5. The van der Waals surface area contributed by atoms with Gasteiger partial charge in [-0.05, 0) is 13.0 Å². The molecule has 0 amide bonds. The van der Waals surface area contributed by atoms with Crippen LogP contribution in [0.15, 0.2) is 12.7 Å². The van der Waals surface area contributed by atoms with Crippen molar-refractivity contribution in [3.8, 4) is 0 Å². The first-order valence-electron chi connectivity index (χ1n) is 3.19. The number of hydrogen-bond donors (Lipinski definition) is 2. The van der Waals surface area contributed by atoms with Crippen LogP contribution in [0.2, 0.25) is 0 Å². The summed E-state index contributed by atoms with van der Waals surface area (Å²) in [4.78, 5) is 20.8. The molecule has 2 N–H and O–H groups in total. The normalized spacial score (nSPS) is 11.1. The fourth-order valence-corrected chi connectivity index (χ4v) is 0.413. The van der Waals surface area contributed by atoms with Crippen molar-refractivity contribution in [2.75, 3.05) is 6.54 Å². The number of nitrogens with one attached hydrogen (secondary N) is 1. The van der Waals surface area contributed by atoms with Gasteiger partial charge in [0.05, 0.1) is 6.54 Å². The maximum Gasteiger partial charge on any atom is 1.00 e. The molecular weight excluding hydrogens is 169 g/mol. The Morgan fingerprint density at radius 1 is 1.75 bits per heavy atom. The van der Waals surface area contributed by atoms with E-state index in [9.17, 15) is 9.59 Å². The van der Waals surface area contributed by atoms with Gasteiger partial charge in [-0.2, -0.15) is 0 Å². The van der Waals surface area contributed by atoms with E-state index >= 15 is 0 Å². The van der Waals surface area contributed by atoms with Gasteiger partial charge in [-0.15, -0.1) is 0 Å². The molecule has 0 aliphatic heterocycles. The molecule has 1 atom stereocenters. The number of hydrogen-bond acceptors (Lipinski definition) is 3. The van der Waals surface area contributed by atoms with Crippen molar-refractivity contribution in [3.05, 3.63) is 12.7 Å². The number of carbonyl (C=O) groups excluding carboxylic acids is 1. The topological polar surface area (TPSA) is 66.4 Å². The minimum absolute atomic E-state index is 0. The van der Waals surface area contributed by atoms with E-state index in [1.807, 2.05) is 0 Å². The first-order valence-corrected chi connectivity index (χ1v) is 3.19. The molecule has 0 fully saturated rings. The summed E-state index contributed by atoms with van der Waals surface area (Å²) in [7, 11) is 0. The second kappa shape index (κ2) is 7.49. The van der Waals surface area contributed by atoms with E-state index in [-0.39, 0.29) is 43.3 Å². The van der Waals surface area contributed by atoms with Crippen LogP contribution in [0, 0.1) is 0 Å². The zero-order valence-corrected chi connectivity index (χ0v) is 9.33. The fourth-order valence-electron chi connectivity index (χ4n) is 0.413. The van der Waals surface area contributed by atoms with E-state index in [1.54, 1.807) is 0 Å². The molecule has 0 saturated heterocycles. The summed E-state index contributed by atoms with van der Waals surface area (Å²) in [6.45, 7) is 4.74. The number of carbonyl (C=O) groups is 2. The zero-order chi connectivity index (χ0) is 8.85. The van der Waals surface area contributed by atoms with Crippen LogP contribution in [-0.4, -0.2) is 29.4 Å². The Balaban J connectivity index is -0.000000500. The maximum atomic E-state index is 10.6. The van der Waals surface area contributed by atoms with E-state index < -0.39 is 12.0 Å². The van der Waals surface area contributed by atoms with Crippen molar-refractivity contribution in [1.29, 1.82) is 0 Å². The van der Waals surface area contributed by atoms with Gasteiger partial charge in [-0.25, -0.2) is 0 Å². The summed E-state index contributed by atoms with van der Waals surface area (Å²) in [6.07, 6.45) is 1.15. The average Bonchev–Trinajstić information content (AvgIpc) is 1.99. The molecule has 0 aromatic carbocycles. The first kappa shape index (κ1) is 14.4. The van der Waals surface area contributed by atoms with Gasteiger partial charge >= 0.3 is 35.5 Å². The Morgan fingerprint density at radius 3 is 2.58 bits per heavy atom. The second-order valence-electron chi connectivity index (χ2n) is 2.11. The van der Waals surface area contributed by atoms with Gasteiger partial charge in [0.15, 0.2) is 5.78 Å². The van der Waals surface area contributed by atoms with Crippen molar-refractivity contribution in [2.45, 2.75) is 13.0 Å². The third-order valence-electron chi connectivity index (χ3n) is 1.18. The van der Waals surface area contributed by atoms with Crippen LogP contribution in [0.5, 0.6) is 0 Å². The molecule has 0 aliphatic rings. The van der Waals surface area contributed by atoms with Gasteiger partial charge in [-0.1, -0.05) is 6.58 Å². The SMILES string of the molecule is C=CC(=O)CN[C@@H](C)C(=O)O.[H-].[Na+]. The van der Waals surface area contributed by atoms with E-state index in [1.165, 1.54) is 6.92 Å². The molecule has 5 heteroatoms. The van der Waals surface area contributed by atoms with Gasteiger partial charge in [0.1, 0.15) is 6.04 Å². The van der Waals surface area contributed by atoms with Crippen LogP contribution in [0.3, 0.4) is 0 Å². The molecule has 0 bridgehead atoms. The molecule has 0 unspecified atom stereocenters. The van der Waals surface area contributed by atoms with Crippen molar-refractivity contribution in [2.24, 2.45) is 0 Å². The minimum atomic E-state index is -0.970. The maximum absolute atomic E-state index is 10.6. The van der Waals surface area contributed by atoms with Crippen LogP contribution in [0.25, 0.3) is 0 Å². The molecule has 0 rings (SSSR count). The molecule has 0 radical (unpaired) electrons. The molecular formula is C7H12NNaO3. The van der Waals surface area contributed by atoms with E-state index in [2.05, 4.69) is 11.9 Å². The molecule has 0 spiro atoms. The summed E-state index contributed by atoms with van der Waals surface area (Å²) in [5, 5.41) is 10.9. The zero-order valence-electron chi connectivity index (χ0n) is 8.33. The Morgan fingerprint density at radius 2 is 2.25 bits per heavy atom. The summed E-state index contributed by atoms with van der Waals surface area (Å²) >= 11 is 0. The van der Waals surface area contributed by atoms with Gasteiger partial charge in [-0.3, -0.25) is 14.9 Å². The summed E-state index contributed by atoms with van der Waals surface area (Å²) in [5.41, 5.74) is 0. The molecule has 0 aliphatic carbocycles. The molecule has 0 saturated carbocycles. The van der Waals surface area contributed by atoms with E-state index in [0.29, 0.717) is 0 Å². The van der Waals surface area contributed by atoms with Gasteiger partial charge in [0.2, 0.25) is 0 Å². The Hall–Kier alpha value is -0.160. The minimum Gasteiger partial charge on any atom is -1.00 e. The van der Waals surface area contributed by atoms with Crippen LogP contribution in [-0.2, 0) is 9.59 Å². The molecule has 0 aromatic heterocycles.